The lowest BCUT2D eigenvalue weighted by Gasteiger charge is -2.42. The van der Waals surface area contributed by atoms with E-state index in [2.05, 4.69) is 9.84 Å². The Morgan fingerprint density at radius 2 is 1.79 bits per heavy atom. The Kier molecular flexibility index (Phi) is 6.15. The molecular weight excluding hydrogens is 466 g/mol. The molecule has 0 bridgehead atoms. The van der Waals surface area contributed by atoms with Gasteiger partial charge in [0.1, 0.15) is 11.8 Å². The number of carbonyl (C=O) groups excluding carboxylic acids is 1. The molecule has 2 unspecified atom stereocenters. The van der Waals surface area contributed by atoms with Crippen LogP contribution in [-0.2, 0) is 28.9 Å². The lowest BCUT2D eigenvalue weighted by Crippen LogP contribution is -2.55. The number of hydrogen-bond donors (Lipinski definition) is 1. The van der Waals surface area contributed by atoms with E-state index in [0.717, 1.165) is 11.1 Å². The molecule has 3 heterocycles. The average molecular weight is 489 g/mol. The van der Waals surface area contributed by atoms with Crippen LogP contribution in [0.1, 0.15) is 22.9 Å². The summed E-state index contributed by atoms with van der Waals surface area (Å²) in [6.45, 7) is -1.41. The molecule has 0 spiro atoms. The number of rotatable bonds is 7. The highest BCUT2D eigenvalue weighted by Gasteiger charge is 2.40. The number of benzene rings is 2. The summed E-state index contributed by atoms with van der Waals surface area (Å²) in [5.74, 6) is -0.0889. The molecule has 3 aromatic rings. The number of halogens is 2. The highest BCUT2D eigenvalue weighted by atomic mass is 32.2. The second-order valence-electron chi connectivity index (χ2n) is 8.22. The van der Waals surface area contributed by atoms with Crippen molar-refractivity contribution in [3.8, 4) is 5.75 Å². The number of carbonyl (C=O) groups is 1. The third-order valence-corrected chi connectivity index (χ3v) is 7.10. The number of β-amino-alcohol motifs (C(OH)–C–C–N with tert-alkyl or cyclic N) is 1. The van der Waals surface area contributed by atoms with Gasteiger partial charge in [0.05, 0.1) is 23.2 Å². The van der Waals surface area contributed by atoms with E-state index in [1.54, 1.807) is 11.1 Å². The van der Waals surface area contributed by atoms with Crippen LogP contribution < -0.4 is 4.74 Å². The maximum absolute atomic E-state index is 13.4. The number of aliphatic hydroxyl groups excluding tert-OH is 1. The van der Waals surface area contributed by atoms with Gasteiger partial charge in [-0.2, -0.15) is 18.0 Å². The van der Waals surface area contributed by atoms with E-state index in [9.17, 15) is 22.9 Å². The summed E-state index contributed by atoms with van der Waals surface area (Å²) in [6.07, 6.45) is 1.22. The minimum atomic E-state index is -2.93. The molecule has 5 rings (SSSR count). The molecule has 1 N–H and O–H groups in total. The van der Waals surface area contributed by atoms with E-state index in [1.165, 1.54) is 28.4 Å². The summed E-state index contributed by atoms with van der Waals surface area (Å²) in [6, 6.07) is 14.5. The largest absolute Gasteiger partial charge is 0.435 e. The van der Waals surface area contributed by atoms with E-state index >= 15 is 0 Å². The van der Waals surface area contributed by atoms with Crippen molar-refractivity contribution < 1.29 is 27.6 Å². The van der Waals surface area contributed by atoms with Gasteiger partial charge in [-0.05, 0) is 29.8 Å². The van der Waals surface area contributed by atoms with Crippen molar-refractivity contribution in [2.24, 2.45) is 0 Å². The third kappa shape index (κ3) is 4.46. The molecule has 2 aliphatic heterocycles. The molecule has 2 aromatic carbocycles. The van der Waals surface area contributed by atoms with Crippen LogP contribution in [0.25, 0.3) is 0 Å². The van der Waals surface area contributed by atoms with E-state index in [4.69, 9.17) is 0 Å². The summed E-state index contributed by atoms with van der Waals surface area (Å²) < 4.78 is 43.1. The fourth-order valence-corrected chi connectivity index (χ4v) is 5.21. The van der Waals surface area contributed by atoms with Crippen molar-refractivity contribution in [3.05, 3.63) is 77.6 Å². The zero-order valence-corrected chi connectivity index (χ0v) is 18.8. The molecule has 8 nitrogen and oxygen atoms in total. The van der Waals surface area contributed by atoms with Crippen LogP contribution >= 0.6 is 0 Å². The molecule has 0 aliphatic carbocycles. The van der Waals surface area contributed by atoms with Crippen LogP contribution in [0.4, 0.5) is 8.78 Å². The van der Waals surface area contributed by atoms with E-state index in [1.807, 2.05) is 35.2 Å². The lowest BCUT2D eigenvalue weighted by molar-refractivity contribution is -0.143. The van der Waals surface area contributed by atoms with E-state index in [-0.39, 0.29) is 11.7 Å². The molecule has 2 aliphatic rings. The second-order valence-corrected chi connectivity index (χ2v) is 9.56. The highest BCUT2D eigenvalue weighted by molar-refractivity contribution is 7.83. The van der Waals surface area contributed by atoms with Crippen molar-refractivity contribution in [1.82, 2.24) is 19.0 Å². The quantitative estimate of drug-likeness (QED) is 0.549. The Bertz CT molecular complexity index is 1180. The number of aliphatic hydroxyl groups is 1. The predicted molar refractivity (Wildman–Crippen MR) is 118 cm³/mol. The fraction of sp³-hybridized carbons (Fsp3) is 0.304. The van der Waals surface area contributed by atoms with Gasteiger partial charge in [0.15, 0.2) is 11.0 Å². The molecule has 1 amide bonds. The maximum Gasteiger partial charge on any atom is 0.387 e. The molecule has 1 fully saturated rings. The van der Waals surface area contributed by atoms with Crippen molar-refractivity contribution in [2.75, 3.05) is 13.1 Å². The summed E-state index contributed by atoms with van der Waals surface area (Å²) in [4.78, 5) is 17.5. The first-order valence-corrected chi connectivity index (χ1v) is 11.8. The summed E-state index contributed by atoms with van der Waals surface area (Å²) >= 11 is 0. The van der Waals surface area contributed by atoms with Gasteiger partial charge in [-0.15, -0.1) is 0 Å². The first-order valence-electron chi connectivity index (χ1n) is 10.7. The summed E-state index contributed by atoms with van der Waals surface area (Å²) in [7, 11) is -1.67. The van der Waals surface area contributed by atoms with Gasteiger partial charge < -0.3 is 14.7 Å². The smallest absolute Gasteiger partial charge is 0.387 e. The standard InChI is InChI=1S/C23H22F2N4O4S/c24-23(25)33-18-6-8-19(9-7-18)34(32)29-11-16-10-28(14-20(16)26-29)22(31)21(27-12-17(30)13-27)15-4-2-1-3-5-15/h1-9,11,17,21,23,30H,10,12-14H2. The zero-order chi connectivity index (χ0) is 23.8. The number of fused-ring (bicyclic) bond motifs is 1. The Hall–Kier alpha value is -3.15. The number of alkyl halides is 2. The number of hydrogen-bond acceptors (Lipinski definition) is 6. The molecule has 178 valence electrons. The third-order valence-electron chi connectivity index (χ3n) is 5.90. The van der Waals surface area contributed by atoms with Gasteiger partial charge in [-0.3, -0.25) is 9.69 Å². The van der Waals surface area contributed by atoms with Crippen LogP contribution in [0.15, 0.2) is 65.7 Å². The summed E-state index contributed by atoms with van der Waals surface area (Å²) in [5.41, 5.74) is 2.33. The van der Waals surface area contributed by atoms with Gasteiger partial charge in [-0.25, -0.2) is 4.21 Å². The molecule has 0 radical (unpaired) electrons. The van der Waals surface area contributed by atoms with Crippen LogP contribution in [0, 0.1) is 0 Å². The van der Waals surface area contributed by atoms with E-state index in [0.29, 0.717) is 36.8 Å². The van der Waals surface area contributed by atoms with Gasteiger partial charge in [0, 0.05) is 31.4 Å². The van der Waals surface area contributed by atoms with Crippen LogP contribution in [0.3, 0.4) is 0 Å². The van der Waals surface area contributed by atoms with Gasteiger partial charge in [-0.1, -0.05) is 30.3 Å². The molecule has 2 atom stereocenters. The number of likely N-dealkylation sites (tertiary alicyclic amines) is 1. The zero-order valence-electron chi connectivity index (χ0n) is 18.0. The lowest BCUT2D eigenvalue weighted by atomic mass is 9.99. The van der Waals surface area contributed by atoms with Crippen molar-refractivity contribution >= 4 is 16.9 Å². The van der Waals surface area contributed by atoms with Crippen molar-refractivity contribution in [1.29, 1.82) is 0 Å². The molecule has 1 aromatic heterocycles. The van der Waals surface area contributed by atoms with Crippen molar-refractivity contribution in [3.63, 3.8) is 0 Å². The molecule has 0 saturated carbocycles. The van der Waals surface area contributed by atoms with Gasteiger partial charge in [0.25, 0.3) is 0 Å². The molecular formula is C23H22F2N4O4S. The summed E-state index contributed by atoms with van der Waals surface area (Å²) in [5, 5.41) is 14.2. The number of aromatic nitrogens is 2. The normalized spacial score (nSPS) is 17.9. The Morgan fingerprint density at radius 1 is 1.09 bits per heavy atom. The average Bonchev–Trinajstić information content (AvgIpc) is 3.38. The van der Waals surface area contributed by atoms with Gasteiger partial charge >= 0.3 is 6.61 Å². The number of nitrogens with zero attached hydrogens (tertiary/aromatic N) is 4. The van der Waals surface area contributed by atoms with Gasteiger partial charge in [0.2, 0.25) is 5.91 Å². The fourth-order valence-electron chi connectivity index (χ4n) is 4.23. The minimum Gasteiger partial charge on any atom is -0.435 e. The van der Waals surface area contributed by atoms with Crippen molar-refractivity contribution in [2.45, 2.75) is 36.7 Å². The van der Waals surface area contributed by atoms with Crippen LogP contribution in [-0.4, -0.2) is 60.0 Å². The number of ether oxygens (including phenoxy) is 1. The molecule has 11 heteroatoms. The Labute approximate surface area is 196 Å². The van der Waals surface area contributed by atoms with Crippen LogP contribution in [0.2, 0.25) is 0 Å². The highest BCUT2D eigenvalue weighted by Crippen LogP contribution is 2.32. The Balaban J connectivity index is 1.29. The van der Waals surface area contributed by atoms with E-state index < -0.39 is 29.7 Å². The molecule has 34 heavy (non-hydrogen) atoms. The number of amides is 1. The minimum absolute atomic E-state index is 0.0180. The SMILES string of the molecule is O=C(C(c1ccccc1)N1CC(O)C1)N1Cc2cn(S(=O)c3ccc(OC(F)F)cc3)nc2C1. The predicted octanol–water partition coefficient (Wildman–Crippen LogP) is 2.32. The van der Waals surface area contributed by atoms with Crippen LogP contribution in [0.5, 0.6) is 5.75 Å². The first-order chi connectivity index (χ1) is 16.4. The maximum atomic E-state index is 13.4. The monoisotopic (exact) mass is 488 g/mol. The second kappa shape index (κ2) is 9.24. The topological polar surface area (TPSA) is 87.9 Å². The first kappa shape index (κ1) is 22.6. The molecule has 1 saturated heterocycles. The Morgan fingerprint density at radius 3 is 2.41 bits per heavy atom.